The summed E-state index contributed by atoms with van der Waals surface area (Å²) in [4.78, 5) is 28.5. The van der Waals surface area contributed by atoms with Gasteiger partial charge >= 0.3 is 0 Å². The smallest absolute Gasteiger partial charge is 0.288 e. The van der Waals surface area contributed by atoms with Gasteiger partial charge in [-0.2, -0.15) is 0 Å². The number of pyridine rings is 1. The van der Waals surface area contributed by atoms with Gasteiger partial charge in [-0.25, -0.2) is 4.98 Å². The molecule has 2 atom stereocenters. The van der Waals surface area contributed by atoms with Crippen molar-refractivity contribution in [2.75, 3.05) is 25.5 Å². The van der Waals surface area contributed by atoms with Crippen LogP contribution in [-0.4, -0.2) is 53.1 Å². The Morgan fingerprint density at radius 2 is 2.10 bits per heavy atom. The summed E-state index contributed by atoms with van der Waals surface area (Å²) in [6.45, 7) is 4.69. The largest absolute Gasteiger partial charge is 0.372 e. The average molecular weight is 294 g/mol. The number of anilines is 1. The lowest BCUT2D eigenvalue weighted by Gasteiger charge is -2.35. The molecule has 0 bridgehead atoms. The first-order chi connectivity index (χ1) is 9.92. The quantitative estimate of drug-likeness (QED) is 0.666. The Kier molecular flexibility index (Phi) is 4.37. The number of morpholine rings is 1. The van der Waals surface area contributed by atoms with Crippen LogP contribution in [0.5, 0.6) is 0 Å². The van der Waals surface area contributed by atoms with Crippen LogP contribution >= 0.6 is 0 Å². The van der Waals surface area contributed by atoms with Crippen molar-refractivity contribution in [3.05, 3.63) is 27.9 Å². The Morgan fingerprint density at radius 3 is 2.62 bits per heavy atom. The van der Waals surface area contributed by atoms with E-state index in [1.165, 1.54) is 6.07 Å². The van der Waals surface area contributed by atoms with Gasteiger partial charge in [0.25, 0.3) is 11.6 Å². The fourth-order valence-electron chi connectivity index (χ4n) is 2.43. The monoisotopic (exact) mass is 294 g/mol. The zero-order valence-electron chi connectivity index (χ0n) is 12.2. The molecule has 0 aromatic carbocycles. The van der Waals surface area contributed by atoms with Gasteiger partial charge < -0.3 is 15.0 Å². The van der Waals surface area contributed by atoms with Crippen LogP contribution in [0.1, 0.15) is 24.2 Å². The molecule has 2 rings (SSSR count). The molecule has 8 nitrogen and oxygen atoms in total. The van der Waals surface area contributed by atoms with E-state index in [1.54, 1.807) is 11.9 Å². The minimum absolute atomic E-state index is 0.0672. The van der Waals surface area contributed by atoms with Crippen LogP contribution in [0.4, 0.5) is 11.5 Å². The van der Waals surface area contributed by atoms with E-state index in [4.69, 9.17) is 4.74 Å². The molecule has 1 aromatic rings. The highest BCUT2D eigenvalue weighted by atomic mass is 16.6. The topological polar surface area (TPSA) is 97.6 Å². The summed E-state index contributed by atoms with van der Waals surface area (Å²) in [5, 5.41) is 13.6. The van der Waals surface area contributed by atoms with Gasteiger partial charge in [-0.3, -0.25) is 14.9 Å². The first-order valence-electron chi connectivity index (χ1n) is 6.69. The van der Waals surface area contributed by atoms with Gasteiger partial charge in [-0.05, 0) is 13.8 Å². The molecule has 21 heavy (non-hydrogen) atoms. The molecule has 0 radical (unpaired) electrons. The van der Waals surface area contributed by atoms with Gasteiger partial charge in [-0.15, -0.1) is 0 Å². The lowest BCUT2D eigenvalue weighted by atomic mass is 10.1. The van der Waals surface area contributed by atoms with Crippen LogP contribution in [0.25, 0.3) is 0 Å². The molecule has 1 N–H and O–H groups in total. The summed E-state index contributed by atoms with van der Waals surface area (Å²) < 4.78 is 5.59. The minimum Gasteiger partial charge on any atom is -0.372 e. The van der Waals surface area contributed by atoms with E-state index in [0.717, 1.165) is 6.20 Å². The second-order valence-corrected chi connectivity index (χ2v) is 5.06. The van der Waals surface area contributed by atoms with Gasteiger partial charge in [0.1, 0.15) is 12.0 Å². The number of carbonyl (C=O) groups excluding carboxylic acids is 1. The number of nitrogens with one attached hydrogen (secondary N) is 1. The predicted molar refractivity (Wildman–Crippen MR) is 76.4 cm³/mol. The van der Waals surface area contributed by atoms with E-state index < -0.39 is 4.92 Å². The Morgan fingerprint density at radius 1 is 1.48 bits per heavy atom. The van der Waals surface area contributed by atoms with Crippen molar-refractivity contribution in [1.82, 2.24) is 9.88 Å². The maximum Gasteiger partial charge on any atom is 0.288 e. The van der Waals surface area contributed by atoms with Crippen molar-refractivity contribution in [3.63, 3.8) is 0 Å². The van der Waals surface area contributed by atoms with E-state index in [2.05, 4.69) is 10.3 Å². The van der Waals surface area contributed by atoms with Crippen molar-refractivity contribution >= 4 is 17.4 Å². The molecular weight excluding hydrogens is 276 g/mol. The molecule has 1 aliphatic heterocycles. The lowest BCUT2D eigenvalue weighted by Crippen LogP contribution is -2.48. The molecule has 1 aromatic heterocycles. The van der Waals surface area contributed by atoms with Crippen molar-refractivity contribution in [1.29, 1.82) is 0 Å². The Hall–Kier alpha value is -2.22. The van der Waals surface area contributed by atoms with E-state index in [9.17, 15) is 14.9 Å². The molecule has 0 aliphatic carbocycles. The van der Waals surface area contributed by atoms with Gasteiger partial charge in [0.15, 0.2) is 0 Å². The maximum atomic E-state index is 12.6. The SMILES string of the molecule is CNc1ncc([N+](=O)[O-])cc1C(=O)N1CC(C)OC(C)C1. The van der Waals surface area contributed by atoms with Crippen LogP contribution in [0.2, 0.25) is 0 Å². The summed E-state index contributed by atoms with van der Waals surface area (Å²) in [5.41, 5.74) is -0.000272. The molecule has 1 aliphatic rings. The number of nitrogens with zero attached hydrogens (tertiary/aromatic N) is 3. The Labute approximate surface area is 122 Å². The highest BCUT2D eigenvalue weighted by molar-refractivity contribution is 5.99. The number of aromatic nitrogens is 1. The molecule has 2 heterocycles. The highest BCUT2D eigenvalue weighted by Gasteiger charge is 2.29. The Bertz CT molecular complexity index is 553. The third-order valence-electron chi connectivity index (χ3n) is 3.26. The number of amides is 1. The van der Waals surface area contributed by atoms with E-state index in [-0.39, 0.29) is 29.4 Å². The van der Waals surface area contributed by atoms with Gasteiger partial charge in [0, 0.05) is 26.2 Å². The third kappa shape index (κ3) is 3.27. The molecule has 1 saturated heterocycles. The van der Waals surface area contributed by atoms with Crippen LogP contribution < -0.4 is 5.32 Å². The number of nitro groups is 1. The van der Waals surface area contributed by atoms with Crippen LogP contribution in [0.3, 0.4) is 0 Å². The van der Waals surface area contributed by atoms with Crippen LogP contribution in [0, 0.1) is 10.1 Å². The average Bonchev–Trinajstić information content (AvgIpc) is 2.44. The molecule has 1 fully saturated rings. The number of ether oxygens (including phenoxy) is 1. The lowest BCUT2D eigenvalue weighted by molar-refractivity contribution is -0.385. The molecule has 0 saturated carbocycles. The molecule has 2 unspecified atom stereocenters. The first kappa shape index (κ1) is 15.2. The highest BCUT2D eigenvalue weighted by Crippen LogP contribution is 2.22. The molecular formula is C13H18N4O4. The summed E-state index contributed by atoms with van der Waals surface area (Å²) in [7, 11) is 1.62. The molecule has 0 spiro atoms. The van der Waals surface area contributed by atoms with E-state index in [1.807, 2.05) is 13.8 Å². The van der Waals surface area contributed by atoms with Crippen molar-refractivity contribution < 1.29 is 14.5 Å². The summed E-state index contributed by atoms with van der Waals surface area (Å²) in [6, 6.07) is 1.26. The minimum atomic E-state index is -0.562. The zero-order valence-corrected chi connectivity index (χ0v) is 12.2. The van der Waals surface area contributed by atoms with E-state index in [0.29, 0.717) is 18.9 Å². The van der Waals surface area contributed by atoms with Crippen molar-refractivity contribution in [3.8, 4) is 0 Å². The molecule has 1 amide bonds. The first-order valence-corrected chi connectivity index (χ1v) is 6.69. The summed E-state index contributed by atoms with van der Waals surface area (Å²) in [5.74, 6) is 0.0509. The van der Waals surface area contributed by atoms with Crippen LogP contribution in [0.15, 0.2) is 12.3 Å². The van der Waals surface area contributed by atoms with Gasteiger partial charge in [-0.1, -0.05) is 0 Å². The molecule has 8 heteroatoms. The summed E-state index contributed by atoms with van der Waals surface area (Å²) in [6.07, 6.45) is 0.998. The number of carbonyl (C=O) groups is 1. The second kappa shape index (κ2) is 6.04. The number of rotatable bonds is 3. The normalized spacial score (nSPS) is 22.0. The zero-order chi connectivity index (χ0) is 15.6. The fraction of sp³-hybridized carbons (Fsp3) is 0.538. The van der Waals surface area contributed by atoms with Gasteiger partial charge in [0.2, 0.25) is 0 Å². The van der Waals surface area contributed by atoms with Crippen molar-refractivity contribution in [2.45, 2.75) is 26.1 Å². The Balaban J connectivity index is 2.32. The summed E-state index contributed by atoms with van der Waals surface area (Å²) >= 11 is 0. The third-order valence-corrected chi connectivity index (χ3v) is 3.26. The van der Waals surface area contributed by atoms with E-state index >= 15 is 0 Å². The molecule has 114 valence electrons. The van der Waals surface area contributed by atoms with Gasteiger partial charge in [0.05, 0.1) is 22.7 Å². The maximum absolute atomic E-state index is 12.6. The fourth-order valence-corrected chi connectivity index (χ4v) is 2.43. The number of hydrogen-bond acceptors (Lipinski definition) is 6. The number of hydrogen-bond donors (Lipinski definition) is 1. The standard InChI is InChI=1S/C13H18N4O4/c1-8-6-16(7-9(2)21-8)13(18)11-4-10(17(19)20)5-15-12(11)14-3/h4-5,8-9H,6-7H2,1-3H3,(H,14,15). The predicted octanol–water partition coefficient (Wildman–Crippen LogP) is 1.28. The van der Waals surface area contributed by atoms with Crippen LogP contribution in [-0.2, 0) is 4.74 Å². The second-order valence-electron chi connectivity index (χ2n) is 5.06. The van der Waals surface area contributed by atoms with Crippen molar-refractivity contribution in [2.24, 2.45) is 0 Å².